The molecule has 2 unspecified atom stereocenters. The number of carbonyl (C=O) groups is 1. The van der Waals surface area contributed by atoms with E-state index >= 15 is 0 Å². The van der Waals surface area contributed by atoms with Gasteiger partial charge in [0.1, 0.15) is 0 Å². The van der Waals surface area contributed by atoms with Crippen molar-refractivity contribution in [2.45, 2.75) is 31.9 Å². The summed E-state index contributed by atoms with van der Waals surface area (Å²) in [6, 6.07) is 2.01. The fourth-order valence-electron chi connectivity index (χ4n) is 2.83. The van der Waals surface area contributed by atoms with E-state index in [1.54, 1.807) is 29.3 Å². The van der Waals surface area contributed by atoms with Crippen molar-refractivity contribution < 1.29 is 9.53 Å². The molecule has 0 bridgehead atoms. The number of carbonyl (C=O) groups excluding carboxylic acids is 1. The SMILES string of the molecule is CC(Nc1ccncc1NC(=O)C=Cc1cnn(C)c1)C1CCCO1. The number of nitrogens with one attached hydrogen (secondary N) is 2. The molecule has 25 heavy (non-hydrogen) atoms. The van der Waals surface area contributed by atoms with E-state index < -0.39 is 0 Å². The average molecular weight is 341 g/mol. The number of amides is 1. The van der Waals surface area contributed by atoms with Crippen molar-refractivity contribution >= 4 is 23.4 Å². The molecule has 132 valence electrons. The van der Waals surface area contributed by atoms with Crippen molar-refractivity contribution in [1.29, 1.82) is 0 Å². The van der Waals surface area contributed by atoms with Gasteiger partial charge in [0.25, 0.3) is 0 Å². The monoisotopic (exact) mass is 341 g/mol. The summed E-state index contributed by atoms with van der Waals surface area (Å²) >= 11 is 0. The topological polar surface area (TPSA) is 81.1 Å². The van der Waals surface area contributed by atoms with Crippen LogP contribution in [0.3, 0.4) is 0 Å². The molecule has 0 spiro atoms. The summed E-state index contributed by atoms with van der Waals surface area (Å²) in [6.45, 7) is 2.90. The molecule has 1 amide bonds. The fraction of sp³-hybridized carbons (Fsp3) is 0.389. The van der Waals surface area contributed by atoms with Crippen molar-refractivity contribution in [3.63, 3.8) is 0 Å². The summed E-state index contributed by atoms with van der Waals surface area (Å²) in [7, 11) is 1.83. The molecule has 1 fully saturated rings. The van der Waals surface area contributed by atoms with E-state index in [-0.39, 0.29) is 18.1 Å². The van der Waals surface area contributed by atoms with Crippen LogP contribution in [0.5, 0.6) is 0 Å². The quantitative estimate of drug-likeness (QED) is 0.789. The van der Waals surface area contributed by atoms with Gasteiger partial charge in [-0.2, -0.15) is 5.10 Å². The van der Waals surface area contributed by atoms with Crippen LogP contribution in [0, 0.1) is 0 Å². The Hall–Kier alpha value is -2.67. The van der Waals surface area contributed by atoms with Gasteiger partial charge in [0.15, 0.2) is 0 Å². The molecule has 0 radical (unpaired) electrons. The molecular weight excluding hydrogens is 318 g/mol. The molecular formula is C18H23N5O2. The van der Waals surface area contributed by atoms with Crippen LogP contribution < -0.4 is 10.6 Å². The molecule has 0 aliphatic carbocycles. The molecule has 2 N–H and O–H groups in total. The summed E-state index contributed by atoms with van der Waals surface area (Å²) in [5.74, 6) is -0.218. The first kappa shape index (κ1) is 17.2. The lowest BCUT2D eigenvalue weighted by Crippen LogP contribution is -2.30. The predicted octanol–water partition coefficient (Wildman–Crippen LogP) is 2.45. The fourth-order valence-corrected chi connectivity index (χ4v) is 2.83. The first-order valence-electron chi connectivity index (χ1n) is 8.41. The number of ether oxygens (including phenoxy) is 1. The molecule has 1 aliphatic rings. The zero-order valence-electron chi connectivity index (χ0n) is 14.5. The highest BCUT2D eigenvalue weighted by molar-refractivity contribution is 6.03. The Morgan fingerprint density at radius 1 is 1.44 bits per heavy atom. The van der Waals surface area contributed by atoms with Crippen LogP contribution in [0.1, 0.15) is 25.3 Å². The van der Waals surface area contributed by atoms with E-state index in [4.69, 9.17) is 4.74 Å². The average Bonchev–Trinajstić information content (AvgIpc) is 3.26. The summed E-state index contributed by atoms with van der Waals surface area (Å²) in [5.41, 5.74) is 2.35. The summed E-state index contributed by atoms with van der Waals surface area (Å²) in [4.78, 5) is 16.3. The van der Waals surface area contributed by atoms with Gasteiger partial charge < -0.3 is 15.4 Å². The van der Waals surface area contributed by atoms with Crippen LogP contribution in [0.15, 0.2) is 36.9 Å². The number of rotatable bonds is 6. The normalized spacial score (nSPS) is 18.4. The van der Waals surface area contributed by atoms with Crippen molar-refractivity contribution in [2.24, 2.45) is 7.05 Å². The Balaban J connectivity index is 1.63. The Labute approximate surface area is 147 Å². The molecule has 0 saturated carbocycles. The highest BCUT2D eigenvalue weighted by Crippen LogP contribution is 2.24. The third kappa shape index (κ3) is 4.67. The van der Waals surface area contributed by atoms with Gasteiger partial charge in [0, 0.05) is 43.7 Å². The smallest absolute Gasteiger partial charge is 0.248 e. The zero-order valence-corrected chi connectivity index (χ0v) is 14.5. The van der Waals surface area contributed by atoms with E-state index in [0.29, 0.717) is 5.69 Å². The van der Waals surface area contributed by atoms with Gasteiger partial charge in [-0.25, -0.2) is 0 Å². The second kappa shape index (κ2) is 7.94. The minimum Gasteiger partial charge on any atom is -0.378 e. The van der Waals surface area contributed by atoms with Crippen molar-refractivity contribution in [2.75, 3.05) is 17.2 Å². The molecule has 7 heteroatoms. The second-order valence-electron chi connectivity index (χ2n) is 6.18. The van der Waals surface area contributed by atoms with Gasteiger partial charge in [-0.1, -0.05) is 0 Å². The van der Waals surface area contributed by atoms with Gasteiger partial charge >= 0.3 is 0 Å². The number of aryl methyl sites for hydroxylation is 1. The largest absolute Gasteiger partial charge is 0.378 e. The first-order chi connectivity index (χ1) is 12.1. The minimum atomic E-state index is -0.218. The van der Waals surface area contributed by atoms with Gasteiger partial charge in [0.05, 0.1) is 29.9 Å². The van der Waals surface area contributed by atoms with Crippen molar-refractivity contribution in [1.82, 2.24) is 14.8 Å². The van der Waals surface area contributed by atoms with Crippen LogP contribution >= 0.6 is 0 Å². The van der Waals surface area contributed by atoms with Crippen molar-refractivity contribution in [3.05, 3.63) is 42.5 Å². The van der Waals surface area contributed by atoms with Crippen LogP contribution in [0.25, 0.3) is 6.08 Å². The van der Waals surface area contributed by atoms with E-state index in [1.165, 1.54) is 6.08 Å². The van der Waals surface area contributed by atoms with Gasteiger partial charge in [-0.15, -0.1) is 0 Å². The predicted molar refractivity (Wildman–Crippen MR) is 97.2 cm³/mol. The lowest BCUT2D eigenvalue weighted by molar-refractivity contribution is -0.111. The molecule has 2 aromatic heterocycles. The Morgan fingerprint density at radius 3 is 3.04 bits per heavy atom. The lowest BCUT2D eigenvalue weighted by Gasteiger charge is -2.22. The summed E-state index contributed by atoms with van der Waals surface area (Å²) in [6.07, 6.45) is 12.4. The van der Waals surface area contributed by atoms with E-state index in [2.05, 4.69) is 27.6 Å². The molecule has 2 aromatic rings. The third-order valence-corrected chi connectivity index (χ3v) is 4.14. The van der Waals surface area contributed by atoms with E-state index in [1.807, 2.05) is 19.3 Å². The molecule has 3 heterocycles. The second-order valence-corrected chi connectivity index (χ2v) is 6.18. The standard InChI is InChI=1S/C18H23N5O2/c1-13(17-4-3-9-25-17)21-15-7-8-19-11-16(15)22-18(24)6-5-14-10-20-23(2)12-14/h5-8,10-13,17H,3-4,9H2,1-2H3,(H,19,21)(H,22,24). The van der Waals surface area contributed by atoms with E-state index in [0.717, 1.165) is 30.7 Å². The number of nitrogens with zero attached hydrogens (tertiary/aromatic N) is 3. The molecule has 0 aromatic carbocycles. The first-order valence-corrected chi connectivity index (χ1v) is 8.41. The molecule has 7 nitrogen and oxygen atoms in total. The zero-order chi connectivity index (χ0) is 17.6. The van der Waals surface area contributed by atoms with Gasteiger partial charge in [0.2, 0.25) is 5.91 Å². The number of pyridine rings is 1. The molecule has 3 rings (SSSR count). The van der Waals surface area contributed by atoms with Crippen LogP contribution in [0.4, 0.5) is 11.4 Å². The number of aromatic nitrogens is 3. The highest BCUT2D eigenvalue weighted by Gasteiger charge is 2.22. The molecule has 1 saturated heterocycles. The summed E-state index contributed by atoms with van der Waals surface area (Å²) < 4.78 is 7.40. The Bertz CT molecular complexity index is 749. The summed E-state index contributed by atoms with van der Waals surface area (Å²) in [5, 5.41) is 10.3. The van der Waals surface area contributed by atoms with Crippen molar-refractivity contribution in [3.8, 4) is 0 Å². The maximum absolute atomic E-state index is 12.2. The highest BCUT2D eigenvalue weighted by atomic mass is 16.5. The maximum atomic E-state index is 12.2. The molecule has 2 atom stereocenters. The van der Waals surface area contributed by atoms with Gasteiger partial charge in [-0.3, -0.25) is 14.5 Å². The maximum Gasteiger partial charge on any atom is 0.248 e. The number of hydrogen-bond acceptors (Lipinski definition) is 5. The molecule has 1 aliphatic heterocycles. The lowest BCUT2D eigenvalue weighted by atomic mass is 10.1. The number of hydrogen-bond donors (Lipinski definition) is 2. The Kier molecular flexibility index (Phi) is 5.45. The third-order valence-electron chi connectivity index (χ3n) is 4.14. The van der Waals surface area contributed by atoms with Crippen LogP contribution in [0.2, 0.25) is 0 Å². The minimum absolute atomic E-state index is 0.159. The van der Waals surface area contributed by atoms with E-state index in [9.17, 15) is 4.79 Å². The van der Waals surface area contributed by atoms with Crippen LogP contribution in [-0.2, 0) is 16.6 Å². The van der Waals surface area contributed by atoms with Crippen LogP contribution in [-0.4, -0.2) is 39.4 Å². The van der Waals surface area contributed by atoms with Gasteiger partial charge in [-0.05, 0) is 31.9 Å². The number of anilines is 2. The Morgan fingerprint density at radius 2 is 2.32 bits per heavy atom.